The summed E-state index contributed by atoms with van der Waals surface area (Å²) in [7, 11) is 1.85. The standard InChI is InChI=1S/C20H20N4OS/c1-23-17-7-6-16(10-18(17)26-12-19(23)25)20(24-9-8-22-13-24)15-4-2-14(11-21)3-5-15/h2-5,7-10,16,20,22H,6,12-13H2,1H3. The van der Waals surface area contributed by atoms with Gasteiger partial charge in [-0.15, -0.1) is 11.8 Å². The number of amides is 1. The molecule has 0 saturated carbocycles. The second kappa shape index (κ2) is 6.93. The Morgan fingerprint density at radius 3 is 2.85 bits per heavy atom. The minimum atomic E-state index is 0.159. The fourth-order valence-corrected chi connectivity index (χ4v) is 4.81. The number of nitrogens with one attached hydrogen (secondary N) is 1. The molecule has 1 aromatic carbocycles. The van der Waals surface area contributed by atoms with Crippen LogP contribution < -0.4 is 5.32 Å². The van der Waals surface area contributed by atoms with E-state index in [2.05, 4.69) is 46.8 Å². The molecule has 5 nitrogen and oxygen atoms in total. The molecule has 1 aliphatic carbocycles. The van der Waals surface area contributed by atoms with Gasteiger partial charge in [0.05, 0.1) is 35.8 Å². The van der Waals surface area contributed by atoms with Gasteiger partial charge in [0.1, 0.15) is 0 Å². The predicted octanol–water partition coefficient (Wildman–Crippen LogP) is 2.93. The second-order valence-corrected chi connectivity index (χ2v) is 7.65. The van der Waals surface area contributed by atoms with Gasteiger partial charge in [0.25, 0.3) is 0 Å². The molecule has 2 unspecified atom stereocenters. The summed E-state index contributed by atoms with van der Waals surface area (Å²) in [5.74, 6) is 0.964. The van der Waals surface area contributed by atoms with Crippen molar-refractivity contribution < 1.29 is 4.79 Å². The molecule has 1 amide bonds. The van der Waals surface area contributed by atoms with Gasteiger partial charge >= 0.3 is 0 Å². The van der Waals surface area contributed by atoms with Gasteiger partial charge in [0, 0.05) is 30.3 Å². The average molecular weight is 364 g/mol. The van der Waals surface area contributed by atoms with Crippen molar-refractivity contribution in [2.24, 2.45) is 5.92 Å². The maximum atomic E-state index is 11.9. The first-order valence-corrected chi connectivity index (χ1v) is 9.63. The number of allylic oxidation sites excluding steroid dienone is 1. The maximum absolute atomic E-state index is 11.9. The highest BCUT2D eigenvalue weighted by Gasteiger charge is 2.33. The summed E-state index contributed by atoms with van der Waals surface area (Å²) in [5, 5.41) is 12.3. The van der Waals surface area contributed by atoms with Crippen LogP contribution in [0.25, 0.3) is 0 Å². The number of hydrogen-bond donors (Lipinski definition) is 1. The summed E-state index contributed by atoms with van der Waals surface area (Å²) in [6.07, 6.45) is 9.44. The first kappa shape index (κ1) is 16.8. The number of fused-ring (bicyclic) bond motifs is 1. The van der Waals surface area contributed by atoms with Crippen molar-refractivity contribution in [1.82, 2.24) is 15.1 Å². The Kier molecular flexibility index (Phi) is 4.48. The van der Waals surface area contributed by atoms with Crippen molar-refractivity contribution in [2.75, 3.05) is 19.5 Å². The van der Waals surface area contributed by atoms with Crippen LogP contribution in [0.3, 0.4) is 0 Å². The number of rotatable bonds is 3. The summed E-state index contributed by atoms with van der Waals surface area (Å²) < 4.78 is 0. The van der Waals surface area contributed by atoms with Crippen LogP contribution in [0.2, 0.25) is 0 Å². The lowest BCUT2D eigenvalue weighted by Gasteiger charge is -2.37. The summed E-state index contributed by atoms with van der Waals surface area (Å²) in [4.78, 5) is 17.2. The van der Waals surface area contributed by atoms with Crippen molar-refractivity contribution in [1.29, 1.82) is 5.26 Å². The molecule has 1 aromatic rings. The summed E-state index contributed by atoms with van der Waals surface area (Å²) in [6.45, 7) is 0.770. The number of hydrogen-bond acceptors (Lipinski definition) is 5. The minimum absolute atomic E-state index is 0.159. The van der Waals surface area contributed by atoms with E-state index in [0.717, 1.165) is 18.8 Å². The first-order chi connectivity index (χ1) is 12.7. The molecule has 132 valence electrons. The van der Waals surface area contributed by atoms with E-state index in [9.17, 15) is 4.79 Å². The van der Waals surface area contributed by atoms with Crippen molar-refractivity contribution in [2.45, 2.75) is 12.5 Å². The molecule has 2 aliphatic heterocycles. The van der Waals surface area contributed by atoms with Crippen LogP contribution in [0.4, 0.5) is 0 Å². The molecule has 0 spiro atoms. The Labute approximate surface area is 157 Å². The highest BCUT2D eigenvalue weighted by atomic mass is 32.2. The summed E-state index contributed by atoms with van der Waals surface area (Å²) >= 11 is 1.63. The SMILES string of the molecule is CN1C(=O)CSC2=CC(C(c3ccc(C#N)cc3)N3C=CNC3)CC=C21. The smallest absolute Gasteiger partial charge is 0.237 e. The third kappa shape index (κ3) is 2.99. The van der Waals surface area contributed by atoms with E-state index in [1.165, 1.54) is 10.5 Å². The third-order valence-electron chi connectivity index (χ3n) is 5.09. The Bertz CT molecular complexity index is 850. The molecule has 2 heterocycles. The molecule has 0 aromatic heterocycles. The average Bonchev–Trinajstić information content (AvgIpc) is 3.20. The number of likely N-dealkylation sites (N-methyl/N-ethyl adjacent to an activating group) is 1. The van der Waals surface area contributed by atoms with E-state index in [1.54, 1.807) is 16.7 Å². The van der Waals surface area contributed by atoms with Crippen LogP contribution in [0, 0.1) is 17.2 Å². The number of carbonyl (C=O) groups is 1. The Morgan fingerprint density at radius 2 is 2.15 bits per heavy atom. The van der Waals surface area contributed by atoms with Gasteiger partial charge in [-0.25, -0.2) is 0 Å². The number of nitriles is 1. The molecule has 4 rings (SSSR count). The van der Waals surface area contributed by atoms with Crippen molar-refractivity contribution >= 4 is 17.7 Å². The predicted molar refractivity (Wildman–Crippen MR) is 102 cm³/mol. The van der Waals surface area contributed by atoms with Crippen LogP contribution in [-0.2, 0) is 4.79 Å². The van der Waals surface area contributed by atoms with Gasteiger partial charge in [-0.3, -0.25) is 4.79 Å². The van der Waals surface area contributed by atoms with Crippen molar-refractivity contribution in [3.8, 4) is 6.07 Å². The number of carbonyl (C=O) groups excluding carboxylic acids is 1. The van der Waals surface area contributed by atoms with Crippen LogP contribution in [-0.4, -0.2) is 35.2 Å². The molecule has 0 radical (unpaired) electrons. The topological polar surface area (TPSA) is 59.4 Å². The van der Waals surface area contributed by atoms with Crippen LogP contribution in [0.1, 0.15) is 23.6 Å². The maximum Gasteiger partial charge on any atom is 0.237 e. The highest BCUT2D eigenvalue weighted by molar-refractivity contribution is 8.04. The second-order valence-electron chi connectivity index (χ2n) is 6.63. The number of benzene rings is 1. The van der Waals surface area contributed by atoms with Gasteiger partial charge < -0.3 is 15.1 Å². The fraction of sp³-hybridized carbons (Fsp3) is 0.300. The number of thioether (sulfide) groups is 1. The monoisotopic (exact) mass is 364 g/mol. The molecular weight excluding hydrogens is 344 g/mol. The molecule has 1 saturated heterocycles. The van der Waals surface area contributed by atoms with E-state index in [-0.39, 0.29) is 11.9 Å². The molecular formula is C20H20N4OS. The zero-order chi connectivity index (χ0) is 18.1. The number of nitrogens with zero attached hydrogens (tertiary/aromatic N) is 3. The lowest BCUT2D eigenvalue weighted by atomic mass is 9.86. The Morgan fingerprint density at radius 1 is 1.35 bits per heavy atom. The third-order valence-corrected chi connectivity index (χ3v) is 6.14. The zero-order valence-electron chi connectivity index (χ0n) is 14.6. The largest absolute Gasteiger partial charge is 0.373 e. The Hall–Kier alpha value is -2.65. The fourth-order valence-electron chi connectivity index (χ4n) is 3.70. The van der Waals surface area contributed by atoms with Gasteiger partial charge in [0.2, 0.25) is 5.91 Å². The summed E-state index contributed by atoms with van der Waals surface area (Å²) in [5.41, 5.74) is 2.91. The van der Waals surface area contributed by atoms with Crippen molar-refractivity contribution in [3.63, 3.8) is 0 Å². The molecule has 1 fully saturated rings. The van der Waals surface area contributed by atoms with E-state index in [4.69, 9.17) is 5.26 Å². The molecule has 26 heavy (non-hydrogen) atoms. The Balaban J connectivity index is 1.66. The van der Waals surface area contributed by atoms with E-state index < -0.39 is 0 Å². The van der Waals surface area contributed by atoms with Gasteiger partial charge in [-0.2, -0.15) is 5.26 Å². The van der Waals surface area contributed by atoms with Crippen LogP contribution in [0.5, 0.6) is 0 Å². The van der Waals surface area contributed by atoms with Crippen LogP contribution in [0.15, 0.2) is 59.4 Å². The van der Waals surface area contributed by atoms with Gasteiger partial charge in [-0.05, 0) is 24.1 Å². The molecule has 6 heteroatoms. The van der Waals surface area contributed by atoms with E-state index in [1.807, 2.05) is 25.4 Å². The summed E-state index contributed by atoms with van der Waals surface area (Å²) in [6, 6.07) is 10.2. The quantitative estimate of drug-likeness (QED) is 0.894. The van der Waals surface area contributed by atoms with Gasteiger partial charge in [-0.1, -0.05) is 24.3 Å². The molecule has 0 bridgehead atoms. The van der Waals surface area contributed by atoms with Gasteiger partial charge in [0.15, 0.2) is 0 Å². The lowest BCUT2D eigenvalue weighted by Crippen LogP contribution is -2.35. The molecule has 1 N–H and O–H groups in total. The van der Waals surface area contributed by atoms with Crippen LogP contribution >= 0.6 is 11.8 Å². The normalized spacial score (nSPS) is 22.9. The highest BCUT2D eigenvalue weighted by Crippen LogP contribution is 2.42. The van der Waals surface area contributed by atoms with Crippen molar-refractivity contribution in [3.05, 3.63) is 70.5 Å². The molecule has 3 aliphatic rings. The first-order valence-electron chi connectivity index (χ1n) is 8.65. The van der Waals surface area contributed by atoms with E-state index in [0.29, 0.717) is 17.2 Å². The minimum Gasteiger partial charge on any atom is -0.373 e. The molecule has 2 atom stereocenters. The van der Waals surface area contributed by atoms with E-state index >= 15 is 0 Å². The lowest BCUT2D eigenvalue weighted by molar-refractivity contribution is -0.125. The zero-order valence-corrected chi connectivity index (χ0v) is 15.4.